The fourth-order valence-corrected chi connectivity index (χ4v) is 3.44. The topological polar surface area (TPSA) is 90.6 Å². The lowest BCUT2D eigenvalue weighted by Crippen LogP contribution is -2.37. The lowest BCUT2D eigenvalue weighted by Gasteiger charge is -2.14. The third-order valence-electron chi connectivity index (χ3n) is 4.80. The van der Waals surface area contributed by atoms with Gasteiger partial charge in [-0.2, -0.15) is 0 Å². The molecule has 2 heterocycles. The number of nitrogens with one attached hydrogen (secondary N) is 1. The van der Waals surface area contributed by atoms with Crippen molar-refractivity contribution in [1.82, 2.24) is 14.8 Å². The normalized spacial score (nSPS) is 14.4. The Morgan fingerprint density at radius 1 is 0.893 bits per heavy atom. The van der Waals surface area contributed by atoms with Crippen LogP contribution in [0.2, 0.25) is 0 Å². The van der Waals surface area contributed by atoms with Crippen molar-refractivity contribution in [3.63, 3.8) is 0 Å². The van der Waals surface area contributed by atoms with Crippen LogP contribution in [0.4, 0.5) is 4.79 Å². The number of para-hydroxylation sites is 1. The number of hydrogen-bond donors (Lipinski definition) is 1. The molecule has 1 saturated heterocycles. The van der Waals surface area contributed by atoms with Crippen LogP contribution in [0.25, 0.3) is 22.2 Å². The van der Waals surface area contributed by atoms with Gasteiger partial charge in [-0.05, 0) is 18.6 Å². The number of aromatic amines is 1. The maximum atomic E-state index is 13.2. The molecule has 7 heteroatoms. The fraction of sp³-hybridized carbons (Fsp3) is 0.143. The minimum absolute atomic E-state index is 0.0798. The average Bonchev–Trinajstić information content (AvgIpc) is 3.20. The molecule has 0 spiro atoms. The van der Waals surface area contributed by atoms with E-state index in [0.717, 1.165) is 16.0 Å². The molecule has 3 aromatic rings. The Kier molecular flexibility index (Phi) is 4.27. The van der Waals surface area contributed by atoms with Gasteiger partial charge in [0, 0.05) is 17.4 Å². The molecule has 1 aliphatic rings. The van der Waals surface area contributed by atoms with Crippen LogP contribution in [0.1, 0.15) is 17.3 Å². The largest absolute Gasteiger partial charge is 0.354 e. The zero-order valence-electron chi connectivity index (χ0n) is 15.1. The quantitative estimate of drug-likeness (QED) is 0.422. The van der Waals surface area contributed by atoms with Crippen LogP contribution in [0, 0.1) is 0 Å². The molecule has 1 aliphatic heterocycles. The Labute approximate surface area is 160 Å². The second-order valence-corrected chi connectivity index (χ2v) is 6.43. The lowest BCUT2D eigenvalue weighted by atomic mass is 10.0. The van der Waals surface area contributed by atoms with Crippen LogP contribution in [0.15, 0.2) is 54.6 Å². The van der Waals surface area contributed by atoms with Crippen molar-refractivity contribution in [2.24, 2.45) is 0 Å². The maximum absolute atomic E-state index is 13.2. The van der Waals surface area contributed by atoms with Gasteiger partial charge in [-0.3, -0.25) is 19.3 Å². The summed E-state index contributed by atoms with van der Waals surface area (Å²) >= 11 is 0. The van der Waals surface area contributed by atoms with E-state index in [1.807, 2.05) is 54.6 Å². The van der Waals surface area contributed by atoms with Gasteiger partial charge < -0.3 is 4.98 Å². The summed E-state index contributed by atoms with van der Waals surface area (Å²) in [4.78, 5) is 54.4. The van der Waals surface area contributed by atoms with E-state index in [1.54, 1.807) is 6.92 Å². The number of carbonyl (C=O) groups is 4. The molecule has 140 valence electrons. The van der Waals surface area contributed by atoms with Crippen LogP contribution < -0.4 is 0 Å². The molecule has 1 N–H and O–H groups in total. The number of imide groups is 2. The van der Waals surface area contributed by atoms with Gasteiger partial charge in [0.25, 0.3) is 0 Å². The first kappa shape index (κ1) is 17.7. The van der Waals surface area contributed by atoms with Crippen molar-refractivity contribution in [3.8, 4) is 11.3 Å². The van der Waals surface area contributed by atoms with Crippen molar-refractivity contribution in [2.75, 3.05) is 13.1 Å². The van der Waals surface area contributed by atoms with Gasteiger partial charge in [0.05, 0.1) is 17.8 Å². The smallest absolute Gasteiger partial charge is 0.334 e. The number of aromatic nitrogens is 1. The first-order valence-electron chi connectivity index (χ1n) is 8.89. The summed E-state index contributed by atoms with van der Waals surface area (Å²) in [6.07, 6.45) is 0. The second kappa shape index (κ2) is 6.77. The Morgan fingerprint density at radius 3 is 2.21 bits per heavy atom. The molecule has 0 bridgehead atoms. The van der Waals surface area contributed by atoms with Crippen LogP contribution in [0.3, 0.4) is 0 Å². The van der Waals surface area contributed by atoms with Crippen LogP contribution >= 0.6 is 0 Å². The van der Waals surface area contributed by atoms with E-state index >= 15 is 0 Å². The highest BCUT2D eigenvalue weighted by Crippen LogP contribution is 2.31. The van der Waals surface area contributed by atoms with E-state index in [1.165, 1.54) is 0 Å². The number of fused-ring (bicyclic) bond motifs is 1. The number of benzene rings is 2. The Balaban J connectivity index is 1.77. The molecule has 4 rings (SSSR count). The monoisotopic (exact) mass is 375 g/mol. The highest BCUT2D eigenvalue weighted by molar-refractivity contribution is 6.45. The highest BCUT2D eigenvalue weighted by atomic mass is 16.2. The second-order valence-electron chi connectivity index (χ2n) is 6.43. The van der Waals surface area contributed by atoms with E-state index in [9.17, 15) is 19.2 Å². The average molecular weight is 375 g/mol. The number of likely N-dealkylation sites (N-methyl/N-ethyl adjacent to an activating group) is 1. The number of rotatable bonds is 5. The molecule has 7 nitrogen and oxygen atoms in total. The van der Waals surface area contributed by atoms with Gasteiger partial charge in [0.15, 0.2) is 5.78 Å². The zero-order chi connectivity index (χ0) is 19.8. The van der Waals surface area contributed by atoms with Gasteiger partial charge in [-0.15, -0.1) is 0 Å². The standard InChI is InChI=1S/C21H17N3O4/c1-2-23-19(26)20(27)24(21(23)28)12-16(25)17-14-10-6-7-11-15(14)22-18(17)13-8-4-3-5-9-13/h3-11,22H,2,12H2,1H3. The molecule has 0 atom stereocenters. The molecular formula is C21H17N3O4. The van der Waals surface area contributed by atoms with Gasteiger partial charge in [0.2, 0.25) is 0 Å². The Morgan fingerprint density at radius 2 is 1.54 bits per heavy atom. The SMILES string of the molecule is CCN1C(=O)C(=O)N(CC(=O)c2c(-c3ccccc3)[nH]c3ccccc23)C1=O. The zero-order valence-corrected chi connectivity index (χ0v) is 15.1. The summed E-state index contributed by atoms with van der Waals surface area (Å²) in [5.41, 5.74) is 2.59. The Hall–Kier alpha value is -3.74. The summed E-state index contributed by atoms with van der Waals surface area (Å²) < 4.78 is 0. The van der Waals surface area contributed by atoms with Crippen molar-refractivity contribution < 1.29 is 19.2 Å². The molecule has 0 unspecified atom stereocenters. The summed E-state index contributed by atoms with van der Waals surface area (Å²) in [7, 11) is 0. The minimum atomic E-state index is -0.971. The number of carbonyl (C=O) groups excluding carboxylic acids is 4. The van der Waals surface area contributed by atoms with Crippen molar-refractivity contribution in [1.29, 1.82) is 0 Å². The number of urea groups is 1. The number of ketones is 1. The third kappa shape index (κ3) is 2.68. The summed E-state index contributed by atoms with van der Waals surface area (Å²) in [5, 5.41) is 0.698. The van der Waals surface area contributed by atoms with Crippen LogP contribution in [-0.4, -0.2) is 51.5 Å². The summed E-state index contributed by atoms with van der Waals surface area (Å²) in [5.74, 6) is -2.28. The third-order valence-corrected chi connectivity index (χ3v) is 4.80. The molecule has 0 aliphatic carbocycles. The number of Topliss-reactive ketones (excluding diaryl/α,β-unsaturated/α-hetero) is 1. The minimum Gasteiger partial charge on any atom is -0.354 e. The first-order valence-corrected chi connectivity index (χ1v) is 8.89. The lowest BCUT2D eigenvalue weighted by molar-refractivity contribution is -0.143. The number of hydrogen-bond acceptors (Lipinski definition) is 4. The molecular weight excluding hydrogens is 358 g/mol. The molecule has 0 saturated carbocycles. The van der Waals surface area contributed by atoms with E-state index in [-0.39, 0.29) is 6.54 Å². The van der Waals surface area contributed by atoms with Crippen molar-refractivity contribution in [2.45, 2.75) is 6.92 Å². The van der Waals surface area contributed by atoms with E-state index in [4.69, 9.17) is 0 Å². The van der Waals surface area contributed by atoms with E-state index in [0.29, 0.717) is 21.5 Å². The number of nitrogens with zero attached hydrogens (tertiary/aromatic N) is 2. The summed E-state index contributed by atoms with van der Waals surface area (Å²) in [6.45, 7) is 1.19. The molecule has 1 fully saturated rings. The molecule has 1 aromatic heterocycles. The maximum Gasteiger partial charge on any atom is 0.334 e. The number of amides is 4. The predicted octanol–water partition coefficient (Wildman–Crippen LogP) is 2.83. The number of H-pyrrole nitrogens is 1. The molecule has 0 radical (unpaired) electrons. The van der Waals surface area contributed by atoms with Gasteiger partial charge >= 0.3 is 17.8 Å². The summed E-state index contributed by atoms with van der Waals surface area (Å²) in [6, 6.07) is 15.9. The van der Waals surface area contributed by atoms with Gasteiger partial charge in [-0.25, -0.2) is 9.69 Å². The van der Waals surface area contributed by atoms with Crippen LogP contribution in [-0.2, 0) is 9.59 Å². The molecule has 4 amide bonds. The van der Waals surface area contributed by atoms with E-state index < -0.39 is 30.2 Å². The first-order chi connectivity index (χ1) is 13.5. The fourth-order valence-electron chi connectivity index (χ4n) is 3.44. The van der Waals surface area contributed by atoms with Crippen molar-refractivity contribution in [3.05, 3.63) is 60.2 Å². The van der Waals surface area contributed by atoms with Crippen LogP contribution in [0.5, 0.6) is 0 Å². The highest BCUT2D eigenvalue weighted by Gasteiger charge is 2.44. The Bertz CT molecular complexity index is 1120. The van der Waals surface area contributed by atoms with Gasteiger partial charge in [0.1, 0.15) is 0 Å². The van der Waals surface area contributed by atoms with Gasteiger partial charge in [-0.1, -0.05) is 48.5 Å². The van der Waals surface area contributed by atoms with Crippen molar-refractivity contribution >= 4 is 34.5 Å². The molecule has 2 aromatic carbocycles. The molecule has 28 heavy (non-hydrogen) atoms. The predicted molar refractivity (Wildman–Crippen MR) is 103 cm³/mol. The van der Waals surface area contributed by atoms with E-state index in [2.05, 4.69) is 4.98 Å².